The van der Waals surface area contributed by atoms with Crippen LogP contribution in [0, 0.1) is 0 Å². The molecule has 0 aliphatic carbocycles. The average Bonchev–Trinajstić information content (AvgIpc) is 2.32. The molecule has 0 heterocycles. The molecule has 0 aliphatic rings. The quantitative estimate of drug-likeness (QED) is 0.702. The Kier molecular flexibility index (Phi) is 3.56. The average molecular weight is 306 g/mol. The van der Waals surface area contributed by atoms with E-state index in [2.05, 4.69) is 77.2 Å². The van der Waals surface area contributed by atoms with Gasteiger partial charge in [0.15, 0.2) is 0 Å². The van der Waals surface area contributed by atoms with Gasteiger partial charge in [-0.25, -0.2) is 0 Å². The molecule has 2 aromatic carbocycles. The number of hydrogen-bond donors (Lipinski definition) is 0. The lowest BCUT2D eigenvalue weighted by atomic mass is 10.0. The molecule has 0 aromatic heterocycles. The Balaban J connectivity index is 2.32. The first-order valence-electron chi connectivity index (χ1n) is 4.82. The van der Waals surface area contributed by atoms with Gasteiger partial charge in [-0.15, -0.1) is 0 Å². The van der Waals surface area contributed by atoms with Crippen LogP contribution in [0.15, 0.2) is 58.7 Å². The van der Waals surface area contributed by atoms with Gasteiger partial charge in [0.1, 0.15) is 0 Å². The molecular formula is C14H11I. The minimum atomic E-state index is 1.24. The zero-order valence-electron chi connectivity index (χ0n) is 8.23. The molecule has 0 unspecified atom stereocenters. The van der Waals surface area contributed by atoms with Gasteiger partial charge >= 0.3 is 0 Å². The maximum absolute atomic E-state index is 2.23. The number of halogens is 1. The molecule has 0 aliphatic heterocycles. The van der Waals surface area contributed by atoms with Crippen LogP contribution in [0.4, 0.5) is 0 Å². The molecule has 2 aromatic rings. The second-order valence-corrected chi connectivity index (χ2v) is 4.00. The van der Waals surface area contributed by atoms with Crippen molar-refractivity contribution in [2.75, 3.05) is 0 Å². The summed E-state index contributed by atoms with van der Waals surface area (Å²) in [5.41, 5.74) is 3.77. The summed E-state index contributed by atoms with van der Waals surface area (Å²) in [6.07, 6.45) is 2.09. The van der Waals surface area contributed by atoms with E-state index in [9.17, 15) is 0 Å². The summed E-state index contributed by atoms with van der Waals surface area (Å²) in [5, 5.41) is 0. The van der Waals surface area contributed by atoms with Crippen LogP contribution in [-0.2, 0) is 0 Å². The minimum Gasteiger partial charge on any atom is -0.0622 e. The number of benzene rings is 2. The van der Waals surface area contributed by atoms with E-state index in [-0.39, 0.29) is 0 Å². The van der Waals surface area contributed by atoms with Crippen molar-refractivity contribution in [3.63, 3.8) is 0 Å². The fourth-order valence-electron chi connectivity index (χ4n) is 1.49. The first-order valence-corrected chi connectivity index (χ1v) is 6.07. The largest absolute Gasteiger partial charge is 0.0622 e. The van der Waals surface area contributed by atoms with Gasteiger partial charge in [-0.05, 0) is 26.8 Å². The Morgan fingerprint density at radius 2 is 1.33 bits per heavy atom. The highest BCUT2D eigenvalue weighted by atomic mass is 127. The van der Waals surface area contributed by atoms with Crippen molar-refractivity contribution in [1.82, 2.24) is 0 Å². The van der Waals surface area contributed by atoms with Gasteiger partial charge in [-0.2, -0.15) is 0 Å². The highest BCUT2D eigenvalue weighted by molar-refractivity contribution is 14.1. The van der Waals surface area contributed by atoms with E-state index in [1.807, 2.05) is 10.1 Å². The van der Waals surface area contributed by atoms with Crippen molar-refractivity contribution >= 4 is 28.7 Å². The molecule has 0 N–H and O–H groups in total. The summed E-state index contributed by atoms with van der Waals surface area (Å²) in [6, 6.07) is 19.0. The molecule has 0 saturated carbocycles. The predicted molar refractivity (Wildman–Crippen MR) is 74.9 cm³/mol. The minimum absolute atomic E-state index is 1.24. The Hall–Kier alpha value is -1.09. The second kappa shape index (κ2) is 5.12. The van der Waals surface area contributed by atoms with Crippen molar-refractivity contribution < 1.29 is 0 Å². The van der Waals surface area contributed by atoms with Crippen molar-refractivity contribution in [3.05, 3.63) is 64.2 Å². The molecule has 0 amide bonds. The Bertz CT molecular complexity index is 441. The van der Waals surface area contributed by atoms with Gasteiger partial charge in [0, 0.05) is 0 Å². The van der Waals surface area contributed by atoms with Crippen LogP contribution >= 0.6 is 22.6 Å². The van der Waals surface area contributed by atoms with E-state index < -0.39 is 0 Å². The van der Waals surface area contributed by atoms with Crippen molar-refractivity contribution in [2.24, 2.45) is 0 Å². The topological polar surface area (TPSA) is 0 Å². The smallest absolute Gasteiger partial charge is 0.0184 e. The van der Waals surface area contributed by atoms with Crippen LogP contribution in [0.2, 0.25) is 0 Å². The van der Waals surface area contributed by atoms with E-state index in [1.54, 1.807) is 0 Å². The second-order valence-electron chi connectivity index (χ2n) is 3.28. The lowest BCUT2D eigenvalue weighted by Gasteiger charge is -2.01. The fraction of sp³-hybridized carbons (Fsp3) is 0. The summed E-state index contributed by atoms with van der Waals surface area (Å²) >= 11 is 2.23. The number of hydrogen-bond acceptors (Lipinski definition) is 0. The lowest BCUT2D eigenvalue weighted by molar-refractivity contribution is 1.60. The van der Waals surface area contributed by atoms with Gasteiger partial charge in [-0.3, -0.25) is 0 Å². The van der Waals surface area contributed by atoms with Crippen molar-refractivity contribution in [2.45, 2.75) is 0 Å². The van der Waals surface area contributed by atoms with Crippen LogP contribution in [0.1, 0.15) is 5.56 Å². The zero-order chi connectivity index (χ0) is 10.5. The van der Waals surface area contributed by atoms with Crippen LogP contribution in [0.25, 0.3) is 17.2 Å². The van der Waals surface area contributed by atoms with Gasteiger partial charge in [0.05, 0.1) is 0 Å². The molecule has 0 spiro atoms. The van der Waals surface area contributed by atoms with E-state index in [4.69, 9.17) is 0 Å². The predicted octanol–water partition coefficient (Wildman–Crippen LogP) is 4.76. The third-order valence-electron chi connectivity index (χ3n) is 2.27. The van der Waals surface area contributed by atoms with E-state index in [0.717, 1.165) is 0 Å². The number of rotatable bonds is 2. The summed E-state index contributed by atoms with van der Waals surface area (Å²) in [7, 11) is 0. The SMILES string of the molecule is I/C=C/c1ccc(-c2ccccc2)cc1. The summed E-state index contributed by atoms with van der Waals surface area (Å²) in [5.74, 6) is 0. The van der Waals surface area contributed by atoms with E-state index >= 15 is 0 Å². The van der Waals surface area contributed by atoms with Gasteiger partial charge in [0.2, 0.25) is 0 Å². The van der Waals surface area contributed by atoms with Crippen LogP contribution in [0.3, 0.4) is 0 Å². The molecule has 2 rings (SSSR count). The van der Waals surface area contributed by atoms with E-state index in [0.29, 0.717) is 0 Å². The standard InChI is InChI=1S/C14H11I/c15-11-10-12-6-8-14(9-7-12)13-4-2-1-3-5-13/h1-11H/b11-10+. The highest BCUT2D eigenvalue weighted by Gasteiger charge is 1.94. The molecule has 0 saturated heterocycles. The molecule has 1 heteroatoms. The van der Waals surface area contributed by atoms with Crippen molar-refractivity contribution in [1.29, 1.82) is 0 Å². The van der Waals surface area contributed by atoms with Crippen LogP contribution < -0.4 is 0 Å². The molecule has 0 bridgehead atoms. The maximum Gasteiger partial charge on any atom is -0.0184 e. The van der Waals surface area contributed by atoms with Crippen LogP contribution in [-0.4, -0.2) is 0 Å². The Morgan fingerprint density at radius 1 is 0.733 bits per heavy atom. The van der Waals surface area contributed by atoms with Crippen molar-refractivity contribution in [3.8, 4) is 11.1 Å². The summed E-state index contributed by atoms with van der Waals surface area (Å²) < 4.78 is 2.02. The summed E-state index contributed by atoms with van der Waals surface area (Å²) in [4.78, 5) is 0. The van der Waals surface area contributed by atoms with Gasteiger partial charge in [-0.1, -0.05) is 77.2 Å². The third-order valence-corrected chi connectivity index (χ3v) is 2.63. The maximum atomic E-state index is 2.23. The first-order chi connectivity index (χ1) is 7.40. The fourth-order valence-corrected chi connectivity index (χ4v) is 1.91. The molecule has 0 radical (unpaired) electrons. The van der Waals surface area contributed by atoms with Crippen LogP contribution in [0.5, 0.6) is 0 Å². The molecule has 74 valence electrons. The molecule has 0 fully saturated rings. The van der Waals surface area contributed by atoms with E-state index in [1.165, 1.54) is 16.7 Å². The molecule has 0 atom stereocenters. The van der Waals surface area contributed by atoms with Gasteiger partial charge < -0.3 is 0 Å². The Labute approximate surface area is 104 Å². The van der Waals surface area contributed by atoms with Gasteiger partial charge in [0.25, 0.3) is 0 Å². The molecule has 0 nitrogen and oxygen atoms in total. The highest BCUT2D eigenvalue weighted by Crippen LogP contribution is 2.19. The lowest BCUT2D eigenvalue weighted by Crippen LogP contribution is -1.77. The monoisotopic (exact) mass is 306 g/mol. The normalized spacial score (nSPS) is 10.7. The third kappa shape index (κ3) is 2.69. The molecular weight excluding hydrogens is 295 g/mol. The first kappa shape index (κ1) is 10.4. The Morgan fingerprint density at radius 3 is 1.93 bits per heavy atom. The summed E-state index contributed by atoms with van der Waals surface area (Å²) in [6.45, 7) is 0. The zero-order valence-corrected chi connectivity index (χ0v) is 10.4. The molecule has 15 heavy (non-hydrogen) atoms.